The van der Waals surface area contributed by atoms with Crippen molar-refractivity contribution >= 4 is 45.1 Å². The minimum Gasteiger partial charge on any atom is -0.497 e. The molecule has 4 heterocycles. The first-order chi connectivity index (χ1) is 58.1. The van der Waals surface area contributed by atoms with Gasteiger partial charge in [-0.05, 0) is 225 Å². The fourth-order valence-corrected chi connectivity index (χ4v) is 23.0. The zero-order valence-electron chi connectivity index (χ0n) is 70.9. The second-order valence-corrected chi connectivity index (χ2v) is 35.7. The first kappa shape index (κ1) is 76.6. The number of anilines is 2. The number of methoxy groups -OCH3 is 4. The Bertz CT molecular complexity index is 5570. The molecule has 0 aromatic heterocycles. The third-order valence-corrected chi connectivity index (χ3v) is 30.7. The van der Waals surface area contributed by atoms with Crippen molar-refractivity contribution in [3.63, 3.8) is 0 Å². The number of benzene rings is 12. The van der Waals surface area contributed by atoms with E-state index in [2.05, 4.69) is 294 Å². The maximum absolute atomic E-state index is 8.24. The van der Waals surface area contributed by atoms with Gasteiger partial charge in [0.1, 0.15) is 34.5 Å². The largest absolute Gasteiger partial charge is 0.497 e. The summed E-state index contributed by atoms with van der Waals surface area (Å²) in [6.45, 7) is 20.8. The van der Waals surface area contributed by atoms with Crippen LogP contribution in [0.25, 0.3) is 78.2 Å². The van der Waals surface area contributed by atoms with Crippen LogP contribution in [0.2, 0.25) is 0 Å². The molecule has 2 spiro atoms. The molecule has 2 saturated carbocycles. The highest BCUT2D eigenvalue weighted by Gasteiger charge is 2.55. The fourth-order valence-electron chi connectivity index (χ4n) is 23.0. The van der Waals surface area contributed by atoms with Gasteiger partial charge in [0.05, 0.1) is 54.9 Å². The average molecular weight is 1580 g/mol. The molecule has 0 amide bonds. The Labute approximate surface area is 702 Å². The van der Waals surface area contributed by atoms with Crippen molar-refractivity contribution in [3.8, 4) is 79.0 Å². The quantitative estimate of drug-likeness (QED) is 0.0829. The van der Waals surface area contributed by atoms with Crippen molar-refractivity contribution in [3.05, 3.63) is 297 Å². The van der Waals surface area contributed by atoms with Gasteiger partial charge in [0.15, 0.2) is 11.2 Å². The molecule has 2 unspecified atom stereocenters. The molecular formula is C109H110N2O8. The summed E-state index contributed by atoms with van der Waals surface area (Å²) in [4.78, 5) is 4.84. The van der Waals surface area contributed by atoms with E-state index in [-0.39, 0.29) is 10.8 Å². The number of hydrogen-bond acceptors (Lipinski definition) is 10. The molecule has 20 rings (SSSR count). The first-order valence-corrected chi connectivity index (χ1v) is 43.9. The van der Waals surface area contributed by atoms with Crippen molar-refractivity contribution in [2.24, 2.45) is 10.8 Å². The molecule has 119 heavy (non-hydrogen) atoms. The van der Waals surface area contributed by atoms with Crippen molar-refractivity contribution in [2.45, 2.75) is 146 Å². The summed E-state index contributed by atoms with van der Waals surface area (Å²) in [6, 6.07) is 81.8. The number of morpholine rings is 2. The maximum atomic E-state index is 8.24. The summed E-state index contributed by atoms with van der Waals surface area (Å²) in [6.07, 6.45) is 23.3. The lowest BCUT2D eigenvalue weighted by Crippen LogP contribution is -2.38. The molecule has 4 fully saturated rings. The van der Waals surface area contributed by atoms with Crippen LogP contribution in [0.1, 0.15) is 185 Å². The monoisotopic (exact) mass is 1570 g/mol. The normalized spacial score (nSPS) is 20.1. The van der Waals surface area contributed by atoms with Gasteiger partial charge in [0, 0.05) is 109 Å². The summed E-state index contributed by atoms with van der Waals surface area (Å²) < 4.78 is 52.9. The number of fused-ring (bicyclic) bond motifs is 20. The van der Waals surface area contributed by atoms with Gasteiger partial charge in [0.25, 0.3) is 0 Å². The van der Waals surface area contributed by atoms with E-state index in [1.54, 1.807) is 14.2 Å². The summed E-state index contributed by atoms with van der Waals surface area (Å²) >= 11 is 0. The number of rotatable bonds is 18. The minimum absolute atomic E-state index is 0.213. The zero-order valence-corrected chi connectivity index (χ0v) is 70.9. The zero-order chi connectivity index (χ0) is 81.2. The van der Waals surface area contributed by atoms with Crippen molar-refractivity contribution < 1.29 is 37.9 Å². The van der Waals surface area contributed by atoms with Gasteiger partial charge in [-0.2, -0.15) is 0 Å². The van der Waals surface area contributed by atoms with Crippen molar-refractivity contribution in [2.75, 3.05) is 90.8 Å². The summed E-state index contributed by atoms with van der Waals surface area (Å²) in [5, 5.41) is 4.41. The maximum Gasteiger partial charge on any atom is 0.178 e. The van der Waals surface area contributed by atoms with E-state index in [1.807, 2.05) is 14.2 Å². The van der Waals surface area contributed by atoms with Crippen LogP contribution in [0, 0.1) is 10.8 Å². The van der Waals surface area contributed by atoms with E-state index in [0.29, 0.717) is 10.8 Å². The predicted molar refractivity (Wildman–Crippen MR) is 485 cm³/mol. The summed E-state index contributed by atoms with van der Waals surface area (Å²) in [7, 11) is 7.09. The lowest BCUT2D eigenvalue weighted by molar-refractivity contribution is 0.122. The molecule has 0 bridgehead atoms. The molecule has 604 valence electrons. The number of ether oxygens (including phenoxy) is 8. The summed E-state index contributed by atoms with van der Waals surface area (Å²) in [5.74, 6) is 4.91. The van der Waals surface area contributed by atoms with E-state index in [4.69, 9.17) is 37.9 Å². The van der Waals surface area contributed by atoms with Crippen molar-refractivity contribution in [1.82, 2.24) is 0 Å². The molecule has 0 N–H and O–H groups in total. The Kier molecular flexibility index (Phi) is 19.1. The number of nitrogens with zero attached hydrogens (tertiary/aromatic N) is 2. The molecule has 0 radical (unpaired) electrons. The van der Waals surface area contributed by atoms with Gasteiger partial charge in [-0.3, -0.25) is 0 Å². The summed E-state index contributed by atoms with van der Waals surface area (Å²) in [5.41, 5.74) is 24.0. The van der Waals surface area contributed by atoms with Crippen molar-refractivity contribution in [1.29, 1.82) is 0 Å². The van der Waals surface area contributed by atoms with Gasteiger partial charge < -0.3 is 47.7 Å². The average Bonchev–Trinajstić information content (AvgIpc) is 1.53. The lowest BCUT2D eigenvalue weighted by atomic mass is 9.58. The van der Waals surface area contributed by atoms with E-state index >= 15 is 0 Å². The molecule has 8 aliphatic rings. The fraction of sp³-hybridized carbons (Fsp3) is 0.339. The standard InChI is InChI=1S/C109H110N2O8/c1-11-104(12-2)51-55-106(56-52-104)93-21-17-15-19-83(93)97-89-67-87(71-23-39-79(40-24-71)110-59-63-116-64-60-110)95(114-9)69-91(89)101-85(99(97)106)47-49-108(118-101,77-35-43-81(112-7)44-36-77)75-31-27-73(28-32-75)103(5,6)74-29-33-76(34-30-74)109(78-37-45-82(113-8)46-38-78)50-48-86-100-98(84-20-16-18-22-94(84)107(100)57-53-105(13-3,14-4)54-58-107)90-68-88(96(115-10)70-92(90)102(86)119-109)72-25-41-80(42-26-72)111-61-65-117-66-62-111/h15-50,67-70H,11-14,51-66H2,1-10H3. The van der Waals surface area contributed by atoms with Gasteiger partial charge >= 0.3 is 0 Å². The Morgan fingerprint density at radius 1 is 0.361 bits per heavy atom. The molecular weight excluding hydrogens is 1470 g/mol. The highest BCUT2D eigenvalue weighted by Crippen LogP contribution is 2.68. The second kappa shape index (κ2) is 29.7. The molecule has 10 heteroatoms. The Morgan fingerprint density at radius 2 is 0.706 bits per heavy atom. The topological polar surface area (TPSA) is 80.3 Å². The minimum atomic E-state index is -1.07. The highest BCUT2D eigenvalue weighted by atomic mass is 16.5. The van der Waals surface area contributed by atoms with Crippen LogP contribution in [-0.4, -0.2) is 81.0 Å². The van der Waals surface area contributed by atoms with E-state index in [9.17, 15) is 0 Å². The van der Waals surface area contributed by atoms with Gasteiger partial charge in [0.2, 0.25) is 0 Å². The van der Waals surface area contributed by atoms with Crippen LogP contribution < -0.4 is 38.2 Å². The third kappa shape index (κ3) is 12.0. The van der Waals surface area contributed by atoms with E-state index < -0.39 is 16.6 Å². The van der Waals surface area contributed by atoms with Crippen LogP contribution in [0.4, 0.5) is 11.4 Å². The Balaban J connectivity index is 0.701. The molecule has 12 aromatic rings. The van der Waals surface area contributed by atoms with Crippen LogP contribution in [0.15, 0.2) is 231 Å². The Hall–Kier alpha value is -11.0. The first-order valence-electron chi connectivity index (χ1n) is 43.9. The SMILES string of the molecule is CCC1(CC)CCC2(CC1)c1ccccc1-c1c2c2c(c3cc(OC)c(-c4ccc(N5CCOCC5)cc4)cc13)OC(c1ccc(OC)cc1)(c1ccc(C(C)(C)c3ccc(C4(c5ccc(OC)cc5)C=Cc5c6c(c7cc(-c8ccc(N9CCOCC9)cc8)c(OC)cc7c5O4)-c4ccccc4C64CCC(CC)(CC)CC4)cc3)cc1)C=C2. The smallest absolute Gasteiger partial charge is 0.178 e. The molecule has 4 aliphatic carbocycles. The van der Waals surface area contributed by atoms with Gasteiger partial charge in [-0.15, -0.1) is 0 Å². The van der Waals surface area contributed by atoms with Gasteiger partial charge in [-0.1, -0.05) is 225 Å². The van der Waals surface area contributed by atoms with Crippen LogP contribution in [0.3, 0.4) is 0 Å². The predicted octanol–water partition coefficient (Wildman–Crippen LogP) is 25.4. The molecule has 2 atom stereocenters. The Morgan fingerprint density at radius 3 is 1.04 bits per heavy atom. The van der Waals surface area contributed by atoms with Crippen LogP contribution in [-0.2, 0) is 36.9 Å². The lowest BCUT2D eigenvalue weighted by Gasteiger charge is -2.47. The van der Waals surface area contributed by atoms with Crippen LogP contribution in [0.5, 0.6) is 34.5 Å². The van der Waals surface area contributed by atoms with Gasteiger partial charge in [-0.25, -0.2) is 0 Å². The van der Waals surface area contributed by atoms with E-state index in [1.165, 1.54) is 129 Å². The molecule has 4 aliphatic heterocycles. The molecule has 12 aromatic carbocycles. The second-order valence-electron chi connectivity index (χ2n) is 35.7. The van der Waals surface area contributed by atoms with Crippen LogP contribution >= 0.6 is 0 Å². The number of hydrogen-bond donors (Lipinski definition) is 0. The third-order valence-electron chi connectivity index (χ3n) is 30.7. The molecule has 10 nitrogen and oxygen atoms in total. The van der Waals surface area contributed by atoms with E-state index in [0.717, 1.165) is 179 Å². The highest BCUT2D eigenvalue weighted by molar-refractivity contribution is 6.12. The molecule has 2 saturated heterocycles.